The number of nitro benzene ring substituents is 1. The number of rotatable bonds is 3. The van der Waals surface area contributed by atoms with Crippen LogP contribution in [-0.4, -0.2) is 22.0 Å². The summed E-state index contributed by atoms with van der Waals surface area (Å²) in [6, 6.07) is 4.06. The molecule has 102 valence electrons. The quantitative estimate of drug-likeness (QED) is 0.647. The minimum atomic E-state index is -0.702. The number of nitrogens with one attached hydrogen (secondary N) is 1. The smallest absolute Gasteiger partial charge is 0.311 e. The summed E-state index contributed by atoms with van der Waals surface area (Å²) in [5, 5.41) is 23.3. The van der Waals surface area contributed by atoms with E-state index < -0.39 is 22.3 Å². The molecule has 1 aliphatic carbocycles. The van der Waals surface area contributed by atoms with Crippen LogP contribution >= 0.6 is 0 Å². The molecule has 0 aromatic heterocycles. The molecule has 1 aromatic carbocycles. The fourth-order valence-electron chi connectivity index (χ4n) is 2.37. The van der Waals surface area contributed by atoms with E-state index in [0.717, 1.165) is 25.7 Å². The predicted octanol–water partition coefficient (Wildman–Crippen LogP) is 2.36. The van der Waals surface area contributed by atoms with E-state index in [4.69, 9.17) is 0 Å². The van der Waals surface area contributed by atoms with Crippen LogP contribution in [0.2, 0.25) is 0 Å². The lowest BCUT2D eigenvalue weighted by Crippen LogP contribution is -2.36. The molecule has 6 nitrogen and oxygen atoms in total. The molecule has 2 N–H and O–H groups in total. The van der Waals surface area contributed by atoms with Crippen LogP contribution in [0.1, 0.15) is 42.5 Å². The maximum atomic E-state index is 12.0. The highest BCUT2D eigenvalue weighted by molar-refractivity contribution is 5.98. The molecule has 0 saturated heterocycles. The third-order valence-electron chi connectivity index (χ3n) is 3.40. The van der Waals surface area contributed by atoms with Crippen LogP contribution < -0.4 is 5.32 Å². The molecule has 1 saturated carbocycles. The van der Waals surface area contributed by atoms with Crippen molar-refractivity contribution in [3.05, 3.63) is 33.9 Å². The molecule has 0 unspecified atom stereocenters. The van der Waals surface area contributed by atoms with Crippen LogP contribution in [0.15, 0.2) is 18.2 Å². The molecule has 0 atom stereocenters. The van der Waals surface area contributed by atoms with Gasteiger partial charge in [-0.1, -0.05) is 25.3 Å². The van der Waals surface area contributed by atoms with E-state index >= 15 is 0 Å². The standard InChI is InChI=1S/C13H16N2O4/c16-12-10(7-4-8-11(12)15(18)19)13(17)14-9-5-2-1-3-6-9/h4,7-9,16H,1-3,5-6H2,(H,14,17). The fourth-order valence-corrected chi connectivity index (χ4v) is 2.37. The highest BCUT2D eigenvalue weighted by Crippen LogP contribution is 2.29. The first-order chi connectivity index (χ1) is 9.09. The number of hydrogen-bond acceptors (Lipinski definition) is 4. The lowest BCUT2D eigenvalue weighted by atomic mass is 9.95. The minimum Gasteiger partial charge on any atom is -0.502 e. The molecule has 0 spiro atoms. The Morgan fingerprint density at radius 1 is 1.32 bits per heavy atom. The van der Waals surface area contributed by atoms with E-state index in [9.17, 15) is 20.0 Å². The van der Waals surface area contributed by atoms with E-state index in [0.29, 0.717) is 0 Å². The lowest BCUT2D eigenvalue weighted by molar-refractivity contribution is -0.385. The van der Waals surface area contributed by atoms with Gasteiger partial charge in [0.1, 0.15) is 0 Å². The Hall–Kier alpha value is -2.11. The van der Waals surface area contributed by atoms with Crippen LogP contribution in [-0.2, 0) is 0 Å². The van der Waals surface area contributed by atoms with Gasteiger partial charge in [0, 0.05) is 12.1 Å². The van der Waals surface area contributed by atoms with Crippen molar-refractivity contribution in [2.45, 2.75) is 38.1 Å². The van der Waals surface area contributed by atoms with Gasteiger partial charge in [-0.15, -0.1) is 0 Å². The summed E-state index contributed by atoms with van der Waals surface area (Å²) < 4.78 is 0. The Kier molecular flexibility index (Phi) is 3.99. The van der Waals surface area contributed by atoms with Gasteiger partial charge in [0.05, 0.1) is 10.5 Å². The van der Waals surface area contributed by atoms with Crippen molar-refractivity contribution in [3.8, 4) is 5.75 Å². The van der Waals surface area contributed by atoms with Crippen molar-refractivity contribution < 1.29 is 14.8 Å². The molecule has 1 fully saturated rings. The lowest BCUT2D eigenvalue weighted by Gasteiger charge is -2.22. The number of phenolic OH excluding ortho intramolecular Hbond substituents is 1. The number of hydrogen-bond donors (Lipinski definition) is 2. The maximum Gasteiger partial charge on any atom is 0.311 e. The van der Waals surface area contributed by atoms with Gasteiger partial charge >= 0.3 is 5.69 Å². The van der Waals surface area contributed by atoms with Gasteiger partial charge < -0.3 is 10.4 Å². The predicted molar refractivity (Wildman–Crippen MR) is 69.1 cm³/mol. The monoisotopic (exact) mass is 264 g/mol. The van der Waals surface area contributed by atoms with Crippen molar-refractivity contribution in [2.24, 2.45) is 0 Å². The van der Waals surface area contributed by atoms with Crippen molar-refractivity contribution >= 4 is 11.6 Å². The Morgan fingerprint density at radius 3 is 2.63 bits per heavy atom. The van der Waals surface area contributed by atoms with Gasteiger partial charge in [-0.25, -0.2) is 0 Å². The molecule has 2 rings (SSSR count). The molecule has 6 heteroatoms. The number of nitro groups is 1. The van der Waals surface area contributed by atoms with E-state index in [2.05, 4.69) is 5.32 Å². The molecule has 19 heavy (non-hydrogen) atoms. The summed E-state index contributed by atoms with van der Waals surface area (Å²) in [4.78, 5) is 22.0. The summed E-state index contributed by atoms with van der Waals surface area (Å²) in [7, 11) is 0. The first-order valence-corrected chi connectivity index (χ1v) is 6.37. The summed E-state index contributed by atoms with van der Waals surface area (Å²) >= 11 is 0. The number of benzene rings is 1. The molecule has 0 heterocycles. The Labute approximate surface area is 110 Å². The zero-order valence-corrected chi connectivity index (χ0v) is 10.5. The van der Waals surface area contributed by atoms with Crippen molar-refractivity contribution in [2.75, 3.05) is 0 Å². The average Bonchev–Trinajstić information content (AvgIpc) is 2.39. The van der Waals surface area contributed by atoms with Gasteiger partial charge in [-0.2, -0.15) is 0 Å². The second kappa shape index (κ2) is 5.69. The maximum absolute atomic E-state index is 12.0. The number of para-hydroxylation sites is 1. The van der Waals surface area contributed by atoms with Crippen LogP contribution in [0.3, 0.4) is 0 Å². The van der Waals surface area contributed by atoms with Crippen LogP contribution in [0.25, 0.3) is 0 Å². The number of amides is 1. The number of aromatic hydroxyl groups is 1. The van der Waals surface area contributed by atoms with Gasteiger partial charge in [0.25, 0.3) is 5.91 Å². The third kappa shape index (κ3) is 3.01. The zero-order chi connectivity index (χ0) is 13.8. The summed E-state index contributed by atoms with van der Waals surface area (Å²) in [6.07, 6.45) is 5.16. The first-order valence-electron chi connectivity index (χ1n) is 6.37. The van der Waals surface area contributed by atoms with Crippen molar-refractivity contribution in [1.82, 2.24) is 5.32 Å². The Morgan fingerprint density at radius 2 is 2.00 bits per heavy atom. The fraction of sp³-hybridized carbons (Fsp3) is 0.462. The van der Waals surface area contributed by atoms with Gasteiger partial charge in [0.2, 0.25) is 5.75 Å². The number of nitrogens with zero attached hydrogens (tertiary/aromatic N) is 1. The third-order valence-corrected chi connectivity index (χ3v) is 3.40. The summed E-state index contributed by atoms with van der Waals surface area (Å²) in [5.41, 5.74) is -0.490. The van der Waals surface area contributed by atoms with Gasteiger partial charge in [0.15, 0.2) is 0 Å². The molecular weight excluding hydrogens is 248 g/mol. The van der Waals surface area contributed by atoms with E-state index in [1.165, 1.54) is 24.6 Å². The summed E-state index contributed by atoms with van der Waals surface area (Å²) in [5.74, 6) is -1.02. The highest BCUT2D eigenvalue weighted by Gasteiger charge is 2.23. The van der Waals surface area contributed by atoms with Gasteiger partial charge in [-0.3, -0.25) is 14.9 Å². The van der Waals surface area contributed by atoms with Crippen LogP contribution in [0.4, 0.5) is 5.69 Å². The molecule has 0 radical (unpaired) electrons. The van der Waals surface area contributed by atoms with Crippen molar-refractivity contribution in [3.63, 3.8) is 0 Å². The number of phenols is 1. The molecule has 0 aliphatic heterocycles. The number of carbonyl (C=O) groups excluding carboxylic acids is 1. The topological polar surface area (TPSA) is 92.5 Å². The molecule has 1 aliphatic rings. The largest absolute Gasteiger partial charge is 0.502 e. The van der Waals surface area contributed by atoms with E-state index in [1.54, 1.807) is 0 Å². The highest BCUT2D eigenvalue weighted by atomic mass is 16.6. The van der Waals surface area contributed by atoms with Gasteiger partial charge in [-0.05, 0) is 18.9 Å². The second-order valence-electron chi connectivity index (χ2n) is 4.74. The average molecular weight is 264 g/mol. The Bertz CT molecular complexity index is 495. The Balaban J connectivity index is 2.14. The second-order valence-corrected chi connectivity index (χ2v) is 4.74. The van der Waals surface area contributed by atoms with E-state index in [1.807, 2.05) is 0 Å². The summed E-state index contributed by atoms with van der Waals surface area (Å²) in [6.45, 7) is 0. The minimum absolute atomic E-state index is 0.0419. The van der Waals surface area contributed by atoms with E-state index in [-0.39, 0.29) is 11.6 Å². The molecule has 1 aromatic rings. The van der Waals surface area contributed by atoms with Crippen LogP contribution in [0, 0.1) is 10.1 Å². The molecular formula is C13H16N2O4. The zero-order valence-electron chi connectivity index (χ0n) is 10.5. The van der Waals surface area contributed by atoms with Crippen LogP contribution in [0.5, 0.6) is 5.75 Å². The van der Waals surface area contributed by atoms with Crippen molar-refractivity contribution in [1.29, 1.82) is 0 Å². The molecule has 1 amide bonds. The first kappa shape index (κ1) is 13.3. The normalized spacial score (nSPS) is 16.0. The number of carbonyl (C=O) groups is 1. The molecule has 0 bridgehead atoms. The SMILES string of the molecule is O=C(NC1CCCCC1)c1cccc([N+](=O)[O-])c1O.